The zero-order valence-corrected chi connectivity index (χ0v) is 20.9. The lowest BCUT2D eigenvalue weighted by atomic mass is 9.91. The van der Waals surface area contributed by atoms with Crippen molar-refractivity contribution in [2.75, 3.05) is 13.7 Å². The van der Waals surface area contributed by atoms with Gasteiger partial charge >= 0.3 is 5.97 Å². The summed E-state index contributed by atoms with van der Waals surface area (Å²) >= 11 is 3.18. The number of carbonyl (C=O) groups is 4. The van der Waals surface area contributed by atoms with Crippen LogP contribution < -0.4 is 16.0 Å². The molecule has 9 nitrogen and oxygen atoms in total. The van der Waals surface area contributed by atoms with Crippen molar-refractivity contribution in [1.29, 1.82) is 0 Å². The van der Waals surface area contributed by atoms with E-state index in [-0.39, 0.29) is 22.5 Å². The first kappa shape index (κ1) is 25.2. The highest BCUT2D eigenvalue weighted by atomic mass is 79.9. The van der Waals surface area contributed by atoms with Crippen molar-refractivity contribution in [1.82, 2.24) is 20.9 Å². The number of hydrogen-bond acceptors (Lipinski definition) is 5. The predicted octanol–water partition coefficient (Wildman–Crippen LogP) is 2.54. The standard InChI is InChI=1S/C24H28BrFN4O5/c1-35-24(34)18(11-14-3-2-8-27-21(14)31)30-22(32)16(9-12-4-5-12)29-23(33)17-10-13-6-7-15(26)19(25)20(13)28-17/h6-7,10,12,14,16,18,28H,2-5,8-9,11H2,1H3,(H,27,31)(H,29,33)(H,30,32)/t14-,16?,18?/m0/s1. The maximum atomic E-state index is 13.9. The Hall–Kier alpha value is -2.95. The number of aromatic nitrogens is 1. The molecule has 1 aliphatic heterocycles. The molecular formula is C24H28BrFN4O5. The second-order valence-corrected chi connectivity index (χ2v) is 9.96. The van der Waals surface area contributed by atoms with Crippen molar-refractivity contribution in [3.63, 3.8) is 0 Å². The largest absolute Gasteiger partial charge is 0.467 e. The first-order chi connectivity index (χ1) is 16.8. The van der Waals surface area contributed by atoms with Gasteiger partial charge in [0.25, 0.3) is 5.91 Å². The van der Waals surface area contributed by atoms with Gasteiger partial charge in [-0.3, -0.25) is 14.4 Å². The molecule has 2 fully saturated rings. The van der Waals surface area contributed by atoms with Gasteiger partial charge in [-0.25, -0.2) is 9.18 Å². The first-order valence-corrected chi connectivity index (χ1v) is 12.5. The summed E-state index contributed by atoms with van der Waals surface area (Å²) in [5, 5.41) is 8.86. The number of aromatic amines is 1. The molecule has 11 heteroatoms. The van der Waals surface area contributed by atoms with E-state index in [2.05, 4.69) is 36.9 Å². The van der Waals surface area contributed by atoms with E-state index in [0.29, 0.717) is 36.2 Å². The molecule has 2 aliphatic rings. The first-order valence-electron chi connectivity index (χ1n) is 11.7. The SMILES string of the molecule is COC(=O)C(C[C@@H]1CCCNC1=O)NC(=O)C(CC1CC1)NC(=O)c1cc2ccc(F)c(Br)c2[nH]1. The quantitative estimate of drug-likeness (QED) is 0.356. The number of nitrogens with one attached hydrogen (secondary N) is 4. The molecule has 2 unspecified atom stereocenters. The summed E-state index contributed by atoms with van der Waals surface area (Å²) in [6.45, 7) is 0.594. The van der Waals surface area contributed by atoms with E-state index >= 15 is 0 Å². The van der Waals surface area contributed by atoms with Crippen LogP contribution in [0.15, 0.2) is 22.7 Å². The minimum atomic E-state index is -1.01. The number of ether oxygens (including phenoxy) is 1. The molecule has 0 spiro atoms. The van der Waals surface area contributed by atoms with Crippen LogP contribution in [0.3, 0.4) is 0 Å². The second kappa shape index (κ2) is 10.8. The smallest absolute Gasteiger partial charge is 0.328 e. The van der Waals surface area contributed by atoms with Crippen molar-refractivity contribution in [2.24, 2.45) is 11.8 Å². The molecule has 3 amide bonds. The fourth-order valence-corrected chi connectivity index (χ4v) is 4.85. The summed E-state index contributed by atoms with van der Waals surface area (Å²) in [4.78, 5) is 53.6. The number of carbonyl (C=O) groups excluding carboxylic acids is 4. The highest BCUT2D eigenvalue weighted by molar-refractivity contribution is 9.10. The van der Waals surface area contributed by atoms with Crippen molar-refractivity contribution in [2.45, 2.75) is 50.6 Å². The van der Waals surface area contributed by atoms with Crippen LogP contribution in [-0.2, 0) is 19.1 Å². The number of halogens is 2. The molecule has 188 valence electrons. The van der Waals surface area contributed by atoms with Gasteiger partial charge in [0.2, 0.25) is 11.8 Å². The predicted molar refractivity (Wildman–Crippen MR) is 129 cm³/mol. The Labute approximate surface area is 210 Å². The average molecular weight is 551 g/mol. The third-order valence-electron chi connectivity index (χ3n) is 6.54. The van der Waals surface area contributed by atoms with Gasteiger partial charge in [0.1, 0.15) is 23.6 Å². The fraction of sp³-hybridized carbons (Fsp3) is 0.500. The van der Waals surface area contributed by atoms with Crippen molar-refractivity contribution >= 4 is 50.5 Å². The molecule has 1 aromatic heterocycles. The Morgan fingerprint density at radius 1 is 1.17 bits per heavy atom. The van der Waals surface area contributed by atoms with Crippen LogP contribution in [0.25, 0.3) is 10.9 Å². The van der Waals surface area contributed by atoms with E-state index in [1.807, 2.05) is 0 Å². The van der Waals surface area contributed by atoms with E-state index in [4.69, 9.17) is 4.74 Å². The molecule has 0 bridgehead atoms. The number of benzene rings is 1. The third-order valence-corrected chi connectivity index (χ3v) is 7.32. The molecule has 2 heterocycles. The summed E-state index contributed by atoms with van der Waals surface area (Å²) in [7, 11) is 1.22. The summed E-state index contributed by atoms with van der Waals surface area (Å²) in [6.07, 6.45) is 3.88. The normalized spacial score (nSPS) is 19.5. The molecule has 3 atom stereocenters. The molecule has 1 saturated heterocycles. The lowest BCUT2D eigenvalue weighted by Crippen LogP contribution is -2.53. The Morgan fingerprint density at radius 2 is 1.94 bits per heavy atom. The van der Waals surface area contributed by atoms with Gasteiger partial charge in [-0.15, -0.1) is 0 Å². The minimum absolute atomic E-state index is 0.121. The third kappa shape index (κ3) is 6.01. The molecule has 4 rings (SSSR count). The summed E-state index contributed by atoms with van der Waals surface area (Å²) in [5.41, 5.74) is 0.623. The zero-order chi connectivity index (χ0) is 25.1. The van der Waals surface area contributed by atoms with E-state index in [0.717, 1.165) is 19.3 Å². The van der Waals surface area contributed by atoms with E-state index in [1.165, 1.54) is 13.2 Å². The van der Waals surface area contributed by atoms with Crippen LogP contribution in [0.1, 0.15) is 49.0 Å². The van der Waals surface area contributed by atoms with Crippen molar-refractivity contribution < 1.29 is 28.3 Å². The lowest BCUT2D eigenvalue weighted by Gasteiger charge is -2.27. The zero-order valence-electron chi connectivity index (χ0n) is 19.3. The summed E-state index contributed by atoms with van der Waals surface area (Å²) < 4.78 is 18.9. The number of rotatable bonds is 9. The highest BCUT2D eigenvalue weighted by Crippen LogP contribution is 2.34. The molecule has 0 radical (unpaired) electrons. The number of amides is 3. The van der Waals surface area contributed by atoms with Crippen molar-refractivity contribution in [3.8, 4) is 0 Å². The number of esters is 1. The number of methoxy groups -OCH3 is 1. The summed E-state index contributed by atoms with van der Waals surface area (Å²) in [5.74, 6) is -2.39. The molecule has 35 heavy (non-hydrogen) atoms. The van der Waals surface area contributed by atoms with Crippen LogP contribution in [0.4, 0.5) is 4.39 Å². The fourth-order valence-electron chi connectivity index (χ4n) is 4.39. The number of hydrogen-bond donors (Lipinski definition) is 4. The van der Waals surface area contributed by atoms with Crippen LogP contribution in [0.5, 0.6) is 0 Å². The van der Waals surface area contributed by atoms with Gasteiger partial charge in [-0.1, -0.05) is 12.8 Å². The van der Waals surface area contributed by atoms with Crippen LogP contribution in [0, 0.1) is 17.7 Å². The van der Waals surface area contributed by atoms with Crippen LogP contribution in [-0.4, -0.2) is 54.4 Å². The number of H-pyrrole nitrogens is 1. The Kier molecular flexibility index (Phi) is 7.73. The van der Waals surface area contributed by atoms with Gasteiger partial charge < -0.3 is 25.7 Å². The Balaban J connectivity index is 1.48. The van der Waals surface area contributed by atoms with E-state index in [1.54, 1.807) is 12.1 Å². The second-order valence-electron chi connectivity index (χ2n) is 9.16. The maximum absolute atomic E-state index is 13.9. The number of fused-ring (bicyclic) bond motifs is 1. The topological polar surface area (TPSA) is 129 Å². The molecule has 2 aromatic rings. The monoisotopic (exact) mass is 550 g/mol. The molecule has 1 saturated carbocycles. The maximum Gasteiger partial charge on any atom is 0.328 e. The van der Waals surface area contributed by atoms with Crippen LogP contribution in [0.2, 0.25) is 0 Å². The Bertz CT molecular complexity index is 1150. The lowest BCUT2D eigenvalue weighted by molar-refractivity contribution is -0.146. The van der Waals surface area contributed by atoms with Gasteiger partial charge in [0.15, 0.2) is 0 Å². The molecule has 1 aromatic carbocycles. The van der Waals surface area contributed by atoms with Gasteiger partial charge in [0, 0.05) is 17.8 Å². The average Bonchev–Trinajstić information content (AvgIpc) is 3.55. The van der Waals surface area contributed by atoms with Crippen LogP contribution >= 0.6 is 15.9 Å². The molecule has 4 N–H and O–H groups in total. The van der Waals surface area contributed by atoms with Gasteiger partial charge in [-0.05, 0) is 65.7 Å². The molecular weight excluding hydrogens is 523 g/mol. The Morgan fingerprint density at radius 3 is 2.63 bits per heavy atom. The van der Waals surface area contributed by atoms with Gasteiger partial charge in [-0.2, -0.15) is 0 Å². The summed E-state index contributed by atoms with van der Waals surface area (Å²) in [6, 6.07) is 2.55. The highest BCUT2D eigenvalue weighted by Gasteiger charge is 2.35. The number of piperidine rings is 1. The van der Waals surface area contributed by atoms with Crippen molar-refractivity contribution in [3.05, 3.63) is 34.2 Å². The van der Waals surface area contributed by atoms with Gasteiger partial charge in [0.05, 0.1) is 17.1 Å². The van der Waals surface area contributed by atoms with E-state index < -0.39 is 41.6 Å². The molecule has 1 aliphatic carbocycles. The minimum Gasteiger partial charge on any atom is -0.467 e. The van der Waals surface area contributed by atoms with E-state index in [9.17, 15) is 23.6 Å².